The standard InChI is InChI=1S/C14H23N5O2/c1-3-7-11-8-5-6-9-18(11)14-12(19(20)21)13(15-4-2)16-10-17-14/h10-11H,3-9H2,1-2H3,(H,15,16,17). The van der Waals surface area contributed by atoms with E-state index in [9.17, 15) is 10.1 Å². The lowest BCUT2D eigenvalue weighted by atomic mass is 9.98. The molecule has 1 saturated heterocycles. The van der Waals surface area contributed by atoms with Gasteiger partial charge < -0.3 is 10.2 Å². The van der Waals surface area contributed by atoms with Crippen molar-refractivity contribution in [3.05, 3.63) is 16.4 Å². The highest BCUT2D eigenvalue weighted by molar-refractivity contribution is 5.70. The fraction of sp³-hybridized carbons (Fsp3) is 0.714. The summed E-state index contributed by atoms with van der Waals surface area (Å²) >= 11 is 0. The van der Waals surface area contributed by atoms with Crippen molar-refractivity contribution >= 4 is 17.3 Å². The van der Waals surface area contributed by atoms with Crippen molar-refractivity contribution in [2.24, 2.45) is 0 Å². The quantitative estimate of drug-likeness (QED) is 0.641. The van der Waals surface area contributed by atoms with Crippen LogP contribution in [0.1, 0.15) is 46.0 Å². The van der Waals surface area contributed by atoms with Gasteiger partial charge in [0.15, 0.2) is 0 Å². The van der Waals surface area contributed by atoms with Crippen LogP contribution in [-0.2, 0) is 0 Å². The summed E-state index contributed by atoms with van der Waals surface area (Å²) in [5, 5.41) is 14.4. The molecule has 0 aromatic carbocycles. The van der Waals surface area contributed by atoms with Gasteiger partial charge in [-0.1, -0.05) is 13.3 Å². The lowest BCUT2D eigenvalue weighted by Gasteiger charge is -2.36. The molecule has 21 heavy (non-hydrogen) atoms. The average molecular weight is 293 g/mol. The van der Waals surface area contributed by atoms with Gasteiger partial charge in [0.25, 0.3) is 0 Å². The summed E-state index contributed by atoms with van der Waals surface area (Å²) in [6, 6.07) is 0.340. The first-order valence-corrected chi connectivity index (χ1v) is 7.68. The molecule has 7 nitrogen and oxygen atoms in total. The van der Waals surface area contributed by atoms with Gasteiger partial charge in [-0.2, -0.15) is 0 Å². The van der Waals surface area contributed by atoms with Gasteiger partial charge in [0.05, 0.1) is 4.92 Å². The number of piperidine rings is 1. The smallest absolute Gasteiger partial charge is 0.353 e. The topological polar surface area (TPSA) is 84.2 Å². The van der Waals surface area contributed by atoms with E-state index in [1.165, 1.54) is 12.7 Å². The molecule has 116 valence electrons. The minimum absolute atomic E-state index is 0.00218. The Morgan fingerprint density at radius 1 is 1.43 bits per heavy atom. The maximum absolute atomic E-state index is 11.5. The first-order chi connectivity index (χ1) is 10.2. The predicted octanol–water partition coefficient (Wildman–Crippen LogP) is 2.98. The van der Waals surface area contributed by atoms with E-state index in [0.29, 0.717) is 24.2 Å². The highest BCUT2D eigenvalue weighted by atomic mass is 16.6. The van der Waals surface area contributed by atoms with E-state index in [2.05, 4.69) is 27.1 Å². The third-order valence-electron chi connectivity index (χ3n) is 3.85. The van der Waals surface area contributed by atoms with Crippen molar-refractivity contribution in [1.82, 2.24) is 9.97 Å². The highest BCUT2D eigenvalue weighted by Crippen LogP contribution is 2.35. The van der Waals surface area contributed by atoms with E-state index in [0.717, 1.165) is 32.2 Å². The van der Waals surface area contributed by atoms with E-state index in [1.807, 2.05) is 6.92 Å². The van der Waals surface area contributed by atoms with Gasteiger partial charge in [-0.05, 0) is 32.6 Å². The van der Waals surface area contributed by atoms with Crippen molar-refractivity contribution in [2.45, 2.75) is 52.0 Å². The zero-order chi connectivity index (χ0) is 15.2. The van der Waals surface area contributed by atoms with Crippen LogP contribution in [0.25, 0.3) is 0 Å². The Kier molecular flexibility index (Phi) is 5.30. The second kappa shape index (κ2) is 7.19. The van der Waals surface area contributed by atoms with Gasteiger partial charge in [0, 0.05) is 19.1 Å². The van der Waals surface area contributed by atoms with Gasteiger partial charge in [0.1, 0.15) is 6.33 Å². The normalized spacial score (nSPS) is 18.6. The molecule has 0 saturated carbocycles. The van der Waals surface area contributed by atoms with Crippen LogP contribution >= 0.6 is 0 Å². The van der Waals surface area contributed by atoms with Crippen molar-refractivity contribution in [3.8, 4) is 0 Å². The fourth-order valence-electron chi connectivity index (χ4n) is 2.96. The molecule has 1 atom stereocenters. The Morgan fingerprint density at radius 3 is 2.90 bits per heavy atom. The summed E-state index contributed by atoms with van der Waals surface area (Å²) in [5.74, 6) is 0.775. The Bertz CT molecular complexity index is 492. The molecule has 1 N–H and O–H groups in total. The number of nitro groups is 1. The van der Waals surface area contributed by atoms with Crippen LogP contribution in [0.4, 0.5) is 17.3 Å². The molecule has 1 unspecified atom stereocenters. The number of anilines is 2. The van der Waals surface area contributed by atoms with Crippen molar-refractivity contribution < 1.29 is 4.92 Å². The third kappa shape index (κ3) is 3.40. The summed E-state index contributed by atoms with van der Waals surface area (Å²) < 4.78 is 0. The molecule has 2 heterocycles. The van der Waals surface area contributed by atoms with Crippen LogP contribution in [0.3, 0.4) is 0 Å². The van der Waals surface area contributed by atoms with Crippen molar-refractivity contribution in [1.29, 1.82) is 0 Å². The van der Waals surface area contributed by atoms with E-state index in [1.54, 1.807) is 0 Å². The van der Waals surface area contributed by atoms with Crippen LogP contribution in [-0.4, -0.2) is 34.0 Å². The number of hydrogen-bond acceptors (Lipinski definition) is 6. The molecule has 1 aromatic rings. The molecular weight excluding hydrogens is 270 g/mol. The molecule has 1 aromatic heterocycles. The van der Waals surface area contributed by atoms with E-state index in [-0.39, 0.29) is 10.6 Å². The number of nitrogens with one attached hydrogen (secondary N) is 1. The van der Waals surface area contributed by atoms with Gasteiger partial charge in [-0.3, -0.25) is 10.1 Å². The van der Waals surface area contributed by atoms with Gasteiger partial charge in [-0.15, -0.1) is 0 Å². The number of nitrogens with zero attached hydrogens (tertiary/aromatic N) is 4. The molecule has 0 bridgehead atoms. The minimum atomic E-state index is -0.370. The first kappa shape index (κ1) is 15.5. The average Bonchev–Trinajstić information content (AvgIpc) is 2.48. The first-order valence-electron chi connectivity index (χ1n) is 7.68. The largest absolute Gasteiger partial charge is 0.364 e. The zero-order valence-electron chi connectivity index (χ0n) is 12.7. The maximum atomic E-state index is 11.5. The number of hydrogen-bond donors (Lipinski definition) is 1. The summed E-state index contributed by atoms with van der Waals surface area (Å²) in [4.78, 5) is 21.5. The Hall–Kier alpha value is -1.92. The van der Waals surface area contributed by atoms with Gasteiger partial charge in [0.2, 0.25) is 11.6 Å². The molecule has 2 rings (SSSR count). The maximum Gasteiger partial charge on any atom is 0.353 e. The second-order valence-corrected chi connectivity index (χ2v) is 5.31. The summed E-state index contributed by atoms with van der Waals surface area (Å²) in [6.45, 7) is 5.46. The molecule has 1 aliphatic heterocycles. The molecule has 7 heteroatoms. The molecule has 0 radical (unpaired) electrons. The molecule has 0 amide bonds. The Balaban J connectivity index is 2.40. The van der Waals surface area contributed by atoms with Crippen molar-refractivity contribution in [3.63, 3.8) is 0 Å². The molecule has 0 aliphatic carbocycles. The molecule has 1 fully saturated rings. The Morgan fingerprint density at radius 2 is 2.24 bits per heavy atom. The van der Waals surface area contributed by atoms with Gasteiger partial charge >= 0.3 is 5.69 Å². The van der Waals surface area contributed by atoms with E-state index < -0.39 is 0 Å². The van der Waals surface area contributed by atoms with Crippen molar-refractivity contribution in [2.75, 3.05) is 23.3 Å². The van der Waals surface area contributed by atoms with Crippen LogP contribution in [0.15, 0.2) is 6.33 Å². The summed E-state index contributed by atoms with van der Waals surface area (Å²) in [5.41, 5.74) is 0.00218. The molecule has 0 spiro atoms. The van der Waals surface area contributed by atoms with Gasteiger partial charge in [-0.25, -0.2) is 9.97 Å². The van der Waals surface area contributed by atoms with Crippen LogP contribution in [0.2, 0.25) is 0 Å². The molecule has 1 aliphatic rings. The fourth-order valence-corrected chi connectivity index (χ4v) is 2.96. The predicted molar refractivity (Wildman–Crippen MR) is 82.7 cm³/mol. The van der Waals surface area contributed by atoms with E-state index in [4.69, 9.17) is 0 Å². The number of aromatic nitrogens is 2. The van der Waals surface area contributed by atoms with Crippen LogP contribution in [0, 0.1) is 10.1 Å². The lowest BCUT2D eigenvalue weighted by molar-refractivity contribution is -0.383. The third-order valence-corrected chi connectivity index (χ3v) is 3.85. The zero-order valence-corrected chi connectivity index (χ0v) is 12.7. The molecular formula is C14H23N5O2. The second-order valence-electron chi connectivity index (χ2n) is 5.31. The summed E-state index contributed by atoms with van der Waals surface area (Å²) in [7, 11) is 0. The SMILES string of the molecule is CCCC1CCCCN1c1ncnc(NCC)c1[N+](=O)[O-]. The summed E-state index contributed by atoms with van der Waals surface area (Å²) in [6.07, 6.45) is 6.83. The van der Waals surface area contributed by atoms with Crippen LogP contribution < -0.4 is 10.2 Å². The Labute approximate surface area is 124 Å². The minimum Gasteiger partial charge on any atom is -0.364 e. The number of rotatable bonds is 6. The highest BCUT2D eigenvalue weighted by Gasteiger charge is 2.31. The monoisotopic (exact) mass is 293 g/mol. The van der Waals surface area contributed by atoms with Crippen LogP contribution in [0.5, 0.6) is 0 Å². The lowest BCUT2D eigenvalue weighted by Crippen LogP contribution is -2.40. The van der Waals surface area contributed by atoms with E-state index >= 15 is 0 Å².